The second-order valence-electron chi connectivity index (χ2n) is 6.74. The van der Waals surface area contributed by atoms with Gasteiger partial charge in [0.25, 0.3) is 0 Å². The molecule has 1 fully saturated rings. The molecule has 138 valence electrons. The van der Waals surface area contributed by atoms with Gasteiger partial charge in [-0.05, 0) is 43.1 Å². The maximum Gasteiger partial charge on any atom is 0.226 e. The summed E-state index contributed by atoms with van der Waals surface area (Å²) < 4.78 is 5.78. The van der Waals surface area contributed by atoms with Gasteiger partial charge in [-0.2, -0.15) is 0 Å². The van der Waals surface area contributed by atoms with Crippen LogP contribution in [-0.2, 0) is 4.79 Å². The van der Waals surface area contributed by atoms with Crippen LogP contribution in [0.3, 0.4) is 0 Å². The Labute approximate surface area is 156 Å². The number of rotatable bonds is 8. The van der Waals surface area contributed by atoms with Crippen LogP contribution >= 0.6 is 12.2 Å². The monoisotopic (exact) mass is 362 g/mol. The number of para-hydroxylation sites is 2. The van der Waals surface area contributed by atoms with E-state index in [1.807, 2.05) is 24.3 Å². The molecule has 0 saturated heterocycles. The third kappa shape index (κ3) is 7.43. The molecule has 0 radical (unpaired) electrons. The number of nitrogens with one attached hydrogen (secondary N) is 2. The average molecular weight is 363 g/mol. The molecule has 2 N–H and O–H groups in total. The van der Waals surface area contributed by atoms with E-state index in [0.29, 0.717) is 24.1 Å². The van der Waals surface area contributed by atoms with Gasteiger partial charge in [-0.1, -0.05) is 57.6 Å². The van der Waals surface area contributed by atoms with E-state index in [-0.39, 0.29) is 5.91 Å². The largest absolute Gasteiger partial charge is 0.491 e. The van der Waals surface area contributed by atoms with Crippen LogP contribution in [0.25, 0.3) is 0 Å². The molecule has 0 spiro atoms. The lowest BCUT2D eigenvalue weighted by Gasteiger charge is -2.21. The number of amides is 1. The van der Waals surface area contributed by atoms with Crippen molar-refractivity contribution in [1.82, 2.24) is 5.32 Å². The first-order valence-electron chi connectivity index (χ1n) is 9.51. The summed E-state index contributed by atoms with van der Waals surface area (Å²) >= 11 is 5.28. The summed E-state index contributed by atoms with van der Waals surface area (Å²) in [4.78, 5) is 12.1. The molecule has 0 unspecified atom stereocenters. The van der Waals surface area contributed by atoms with Gasteiger partial charge in [0.2, 0.25) is 5.91 Å². The zero-order valence-electron chi connectivity index (χ0n) is 15.2. The number of anilines is 1. The molecule has 0 aromatic heterocycles. The first-order valence-corrected chi connectivity index (χ1v) is 9.92. The number of benzene rings is 1. The zero-order valence-corrected chi connectivity index (χ0v) is 16.0. The maximum atomic E-state index is 12.1. The van der Waals surface area contributed by atoms with Gasteiger partial charge in [0.1, 0.15) is 5.75 Å². The van der Waals surface area contributed by atoms with E-state index in [0.717, 1.165) is 30.7 Å². The zero-order chi connectivity index (χ0) is 17.9. The van der Waals surface area contributed by atoms with Crippen molar-refractivity contribution in [1.29, 1.82) is 0 Å². The second kappa shape index (κ2) is 11.1. The van der Waals surface area contributed by atoms with Crippen LogP contribution < -0.4 is 15.4 Å². The van der Waals surface area contributed by atoms with Gasteiger partial charge < -0.3 is 15.4 Å². The highest BCUT2D eigenvalue weighted by molar-refractivity contribution is 7.80. The Morgan fingerprint density at radius 3 is 2.76 bits per heavy atom. The molecule has 1 aliphatic rings. The molecule has 4 nitrogen and oxygen atoms in total. The number of ether oxygens (including phenoxy) is 1. The minimum atomic E-state index is -0.00699. The molecule has 0 bridgehead atoms. The molecule has 2 rings (SSSR count). The van der Waals surface area contributed by atoms with E-state index in [4.69, 9.17) is 17.0 Å². The lowest BCUT2D eigenvalue weighted by atomic mass is 9.86. The molecule has 1 saturated carbocycles. The normalized spacial score (nSPS) is 14.8. The Bertz CT molecular complexity index is 556. The van der Waals surface area contributed by atoms with Gasteiger partial charge in [0.05, 0.1) is 12.3 Å². The quantitative estimate of drug-likeness (QED) is 0.502. The lowest BCUT2D eigenvalue weighted by molar-refractivity contribution is -0.120. The molecule has 0 heterocycles. The molecule has 25 heavy (non-hydrogen) atoms. The van der Waals surface area contributed by atoms with Gasteiger partial charge in [-0.15, -0.1) is 0 Å². The van der Waals surface area contributed by atoms with E-state index >= 15 is 0 Å². The molecule has 1 aliphatic carbocycles. The van der Waals surface area contributed by atoms with Crippen LogP contribution in [0.5, 0.6) is 5.75 Å². The Morgan fingerprint density at radius 1 is 1.24 bits per heavy atom. The Balaban J connectivity index is 1.76. The summed E-state index contributed by atoms with van der Waals surface area (Å²) in [6, 6.07) is 7.66. The van der Waals surface area contributed by atoms with Gasteiger partial charge in [-0.25, -0.2) is 0 Å². The number of carbonyl (C=O) groups excluding carboxylic acids is 1. The number of carbonyl (C=O) groups is 1. The summed E-state index contributed by atoms with van der Waals surface area (Å²) in [6.07, 6.45) is 10.1. The van der Waals surface area contributed by atoms with Crippen LogP contribution in [-0.4, -0.2) is 17.6 Å². The van der Waals surface area contributed by atoms with Crippen molar-refractivity contribution >= 4 is 28.9 Å². The summed E-state index contributed by atoms with van der Waals surface area (Å²) in [5.74, 6) is 1.45. The lowest BCUT2D eigenvalue weighted by Crippen LogP contribution is -2.34. The van der Waals surface area contributed by atoms with Gasteiger partial charge in [0.15, 0.2) is 5.11 Å². The fourth-order valence-corrected chi connectivity index (χ4v) is 3.40. The number of hydrogen-bond acceptors (Lipinski definition) is 3. The Morgan fingerprint density at radius 2 is 2.00 bits per heavy atom. The van der Waals surface area contributed by atoms with Crippen molar-refractivity contribution < 1.29 is 9.53 Å². The summed E-state index contributed by atoms with van der Waals surface area (Å²) in [5.41, 5.74) is 0.788. The molecule has 1 aromatic carbocycles. The predicted molar refractivity (Wildman–Crippen MR) is 107 cm³/mol. The molecule has 1 amide bonds. The fraction of sp³-hybridized carbons (Fsp3) is 0.600. The molecule has 0 aliphatic heterocycles. The number of thiocarbonyl (C=S) groups is 1. The SMILES string of the molecule is CCCCOc1ccccc1NC(=S)NC(=O)CCC1CCCCC1. The smallest absolute Gasteiger partial charge is 0.226 e. The van der Waals surface area contributed by atoms with Crippen molar-refractivity contribution in [3.8, 4) is 5.75 Å². The first-order chi connectivity index (χ1) is 12.2. The highest BCUT2D eigenvalue weighted by Crippen LogP contribution is 2.27. The molecule has 0 atom stereocenters. The minimum absolute atomic E-state index is 0.00699. The minimum Gasteiger partial charge on any atom is -0.491 e. The van der Waals surface area contributed by atoms with Crippen molar-refractivity contribution in [2.45, 2.75) is 64.7 Å². The Kier molecular flexibility index (Phi) is 8.73. The van der Waals surface area contributed by atoms with Crippen LogP contribution in [0.2, 0.25) is 0 Å². The van der Waals surface area contributed by atoms with Crippen molar-refractivity contribution in [2.24, 2.45) is 5.92 Å². The molecule has 5 heteroatoms. The summed E-state index contributed by atoms with van der Waals surface area (Å²) in [5, 5.41) is 6.20. The van der Waals surface area contributed by atoms with Crippen molar-refractivity contribution in [3.05, 3.63) is 24.3 Å². The fourth-order valence-electron chi connectivity index (χ4n) is 3.18. The van der Waals surface area contributed by atoms with E-state index < -0.39 is 0 Å². The van der Waals surface area contributed by atoms with E-state index in [1.54, 1.807) is 0 Å². The van der Waals surface area contributed by atoms with Crippen LogP contribution in [0.15, 0.2) is 24.3 Å². The highest BCUT2D eigenvalue weighted by atomic mass is 32.1. The van der Waals surface area contributed by atoms with E-state index in [2.05, 4.69) is 17.6 Å². The van der Waals surface area contributed by atoms with Crippen LogP contribution in [0.1, 0.15) is 64.7 Å². The van der Waals surface area contributed by atoms with Gasteiger partial charge >= 0.3 is 0 Å². The number of unbranched alkanes of at least 4 members (excludes halogenated alkanes) is 1. The average Bonchev–Trinajstić information content (AvgIpc) is 2.62. The van der Waals surface area contributed by atoms with Crippen LogP contribution in [0, 0.1) is 5.92 Å². The van der Waals surface area contributed by atoms with E-state index in [1.165, 1.54) is 32.1 Å². The van der Waals surface area contributed by atoms with Gasteiger partial charge in [-0.3, -0.25) is 4.79 Å². The third-order valence-corrected chi connectivity index (χ3v) is 4.85. The number of hydrogen-bond donors (Lipinski definition) is 2. The molecule has 1 aromatic rings. The molecular weight excluding hydrogens is 332 g/mol. The first kappa shape index (κ1) is 19.7. The maximum absolute atomic E-state index is 12.1. The van der Waals surface area contributed by atoms with Crippen LogP contribution in [0.4, 0.5) is 5.69 Å². The third-order valence-electron chi connectivity index (χ3n) is 4.65. The predicted octanol–water partition coefficient (Wildman–Crippen LogP) is 5.04. The summed E-state index contributed by atoms with van der Waals surface area (Å²) in [7, 11) is 0. The highest BCUT2D eigenvalue weighted by Gasteiger charge is 2.15. The van der Waals surface area contributed by atoms with E-state index in [9.17, 15) is 4.79 Å². The van der Waals surface area contributed by atoms with Gasteiger partial charge in [0, 0.05) is 6.42 Å². The van der Waals surface area contributed by atoms with Crippen molar-refractivity contribution in [2.75, 3.05) is 11.9 Å². The molecular formula is C20H30N2O2S. The Hall–Kier alpha value is -1.62. The topological polar surface area (TPSA) is 50.4 Å². The second-order valence-corrected chi connectivity index (χ2v) is 7.15. The van der Waals surface area contributed by atoms with Crippen molar-refractivity contribution in [3.63, 3.8) is 0 Å². The standard InChI is InChI=1S/C20H30N2O2S/c1-2-3-15-24-18-12-8-7-11-17(18)21-20(25)22-19(23)14-13-16-9-5-4-6-10-16/h7-8,11-12,16H,2-6,9-10,13-15H2,1H3,(H2,21,22,23,25). The summed E-state index contributed by atoms with van der Waals surface area (Å²) in [6.45, 7) is 2.81.